The molecular weight excluding hydrogens is 210 g/mol. The van der Waals surface area contributed by atoms with Crippen LogP contribution < -0.4 is 5.73 Å². The van der Waals surface area contributed by atoms with Gasteiger partial charge in [-0.2, -0.15) is 0 Å². The van der Waals surface area contributed by atoms with Gasteiger partial charge in [-0.1, -0.05) is 11.6 Å². The summed E-state index contributed by atoms with van der Waals surface area (Å²) in [6.45, 7) is 1.91. The third-order valence-electron chi connectivity index (χ3n) is 2.03. The van der Waals surface area contributed by atoms with Crippen LogP contribution in [0.2, 0.25) is 5.02 Å². The Labute approximate surface area is 92.9 Å². The van der Waals surface area contributed by atoms with E-state index in [9.17, 15) is 0 Å². The van der Waals surface area contributed by atoms with Crippen LogP contribution in [0.25, 0.3) is 11.4 Å². The van der Waals surface area contributed by atoms with E-state index < -0.39 is 0 Å². The Bertz CT molecular complexity index is 497. The highest BCUT2D eigenvalue weighted by molar-refractivity contribution is 6.33. The zero-order valence-electron chi connectivity index (χ0n) is 8.24. The Kier molecular flexibility index (Phi) is 2.56. The van der Waals surface area contributed by atoms with E-state index in [1.165, 1.54) is 0 Å². The zero-order valence-corrected chi connectivity index (χ0v) is 8.99. The molecule has 1 aromatic carbocycles. The number of hydrogen-bond donors (Lipinski definition) is 1. The Balaban J connectivity index is 2.58. The van der Waals surface area contributed by atoms with Gasteiger partial charge in [0.25, 0.3) is 0 Å². The van der Waals surface area contributed by atoms with E-state index in [0.29, 0.717) is 16.5 Å². The van der Waals surface area contributed by atoms with Gasteiger partial charge in [0.1, 0.15) is 0 Å². The summed E-state index contributed by atoms with van der Waals surface area (Å²) >= 11 is 6.05. The summed E-state index contributed by atoms with van der Waals surface area (Å²) in [6.07, 6.45) is 1.71. The molecule has 0 aliphatic heterocycles. The standard InChI is InChI=1S/C11H10ClN3/c1-7-4-5-14-11(15-7)9-6-8(13)2-3-10(9)12/h2-6H,13H2,1H3. The molecule has 0 radical (unpaired) electrons. The van der Waals surface area contributed by atoms with E-state index in [-0.39, 0.29) is 0 Å². The number of aryl methyl sites for hydroxylation is 1. The normalized spacial score (nSPS) is 10.3. The van der Waals surface area contributed by atoms with E-state index in [1.54, 1.807) is 24.4 Å². The summed E-state index contributed by atoms with van der Waals surface area (Å²) < 4.78 is 0. The molecule has 2 N–H and O–H groups in total. The topological polar surface area (TPSA) is 51.8 Å². The van der Waals surface area contributed by atoms with E-state index in [0.717, 1.165) is 11.3 Å². The van der Waals surface area contributed by atoms with Crippen LogP contribution in [0.4, 0.5) is 5.69 Å². The summed E-state index contributed by atoms with van der Waals surface area (Å²) in [7, 11) is 0. The maximum absolute atomic E-state index is 6.05. The van der Waals surface area contributed by atoms with E-state index in [4.69, 9.17) is 17.3 Å². The first-order chi connectivity index (χ1) is 7.16. The monoisotopic (exact) mass is 219 g/mol. The Morgan fingerprint density at radius 3 is 2.80 bits per heavy atom. The van der Waals surface area contributed by atoms with Crippen molar-refractivity contribution in [1.82, 2.24) is 9.97 Å². The van der Waals surface area contributed by atoms with Gasteiger partial charge >= 0.3 is 0 Å². The number of hydrogen-bond acceptors (Lipinski definition) is 3. The third kappa shape index (κ3) is 2.07. The van der Waals surface area contributed by atoms with Gasteiger partial charge in [-0.3, -0.25) is 0 Å². The van der Waals surface area contributed by atoms with Crippen molar-refractivity contribution < 1.29 is 0 Å². The molecule has 0 atom stereocenters. The van der Waals surface area contributed by atoms with Crippen molar-refractivity contribution in [3.8, 4) is 11.4 Å². The molecule has 1 aromatic heterocycles. The zero-order chi connectivity index (χ0) is 10.8. The molecule has 76 valence electrons. The molecule has 0 bridgehead atoms. The molecule has 0 aliphatic carbocycles. The fourth-order valence-corrected chi connectivity index (χ4v) is 1.49. The SMILES string of the molecule is Cc1ccnc(-c2cc(N)ccc2Cl)n1. The lowest BCUT2D eigenvalue weighted by Crippen LogP contribution is -1.93. The first-order valence-electron chi connectivity index (χ1n) is 4.52. The number of halogens is 1. The van der Waals surface area contributed by atoms with Gasteiger partial charge < -0.3 is 5.73 Å². The molecule has 0 saturated carbocycles. The fraction of sp³-hybridized carbons (Fsp3) is 0.0909. The molecule has 0 amide bonds. The maximum atomic E-state index is 6.05. The number of benzene rings is 1. The number of nitrogens with two attached hydrogens (primary N) is 1. The second-order valence-corrected chi connectivity index (χ2v) is 3.67. The highest BCUT2D eigenvalue weighted by Gasteiger charge is 2.06. The van der Waals surface area contributed by atoms with Crippen molar-refractivity contribution in [3.63, 3.8) is 0 Å². The first kappa shape index (κ1) is 9.93. The van der Waals surface area contributed by atoms with Crippen LogP contribution in [0.3, 0.4) is 0 Å². The van der Waals surface area contributed by atoms with Crippen LogP contribution in [-0.4, -0.2) is 9.97 Å². The predicted molar refractivity (Wildman–Crippen MR) is 61.6 cm³/mol. The van der Waals surface area contributed by atoms with Gasteiger partial charge in [0.15, 0.2) is 5.82 Å². The number of nitrogens with zero attached hydrogens (tertiary/aromatic N) is 2. The molecule has 0 unspecified atom stereocenters. The second-order valence-electron chi connectivity index (χ2n) is 3.26. The quantitative estimate of drug-likeness (QED) is 0.751. The molecule has 0 aliphatic rings. The Morgan fingerprint density at radius 1 is 1.27 bits per heavy atom. The predicted octanol–water partition coefficient (Wildman–Crippen LogP) is 2.69. The fourth-order valence-electron chi connectivity index (χ4n) is 1.29. The minimum absolute atomic E-state index is 0.604. The van der Waals surface area contributed by atoms with Crippen LogP contribution in [0.15, 0.2) is 30.5 Å². The molecule has 3 nitrogen and oxygen atoms in total. The molecule has 0 fully saturated rings. The number of nitrogen functional groups attached to an aromatic ring is 1. The third-order valence-corrected chi connectivity index (χ3v) is 2.36. The van der Waals surface area contributed by atoms with Gasteiger partial charge in [0.05, 0.1) is 5.02 Å². The Hall–Kier alpha value is -1.61. The second kappa shape index (κ2) is 3.87. The van der Waals surface area contributed by atoms with Crippen molar-refractivity contribution in [2.45, 2.75) is 6.92 Å². The lowest BCUT2D eigenvalue weighted by atomic mass is 10.2. The van der Waals surface area contributed by atoms with Gasteiger partial charge in [-0.15, -0.1) is 0 Å². The highest BCUT2D eigenvalue weighted by Crippen LogP contribution is 2.26. The average molecular weight is 220 g/mol. The van der Waals surface area contributed by atoms with E-state index in [2.05, 4.69) is 9.97 Å². The molecule has 15 heavy (non-hydrogen) atoms. The van der Waals surface area contributed by atoms with Crippen LogP contribution in [0, 0.1) is 6.92 Å². The molecule has 2 aromatic rings. The van der Waals surface area contributed by atoms with Gasteiger partial charge in [-0.05, 0) is 31.2 Å². The van der Waals surface area contributed by atoms with Gasteiger partial charge in [-0.25, -0.2) is 9.97 Å². The summed E-state index contributed by atoms with van der Waals surface area (Å²) in [5.74, 6) is 0.604. The van der Waals surface area contributed by atoms with Gasteiger partial charge in [0, 0.05) is 23.1 Å². The largest absolute Gasteiger partial charge is 0.399 e. The Morgan fingerprint density at radius 2 is 2.07 bits per heavy atom. The van der Waals surface area contributed by atoms with Crippen LogP contribution in [-0.2, 0) is 0 Å². The summed E-state index contributed by atoms with van der Waals surface area (Å²) in [5.41, 5.74) is 8.01. The number of aromatic nitrogens is 2. The van der Waals surface area contributed by atoms with Crippen LogP contribution in [0.1, 0.15) is 5.69 Å². The first-order valence-corrected chi connectivity index (χ1v) is 4.89. The molecule has 1 heterocycles. The molecule has 0 spiro atoms. The lowest BCUT2D eigenvalue weighted by molar-refractivity contribution is 1.11. The van der Waals surface area contributed by atoms with Crippen LogP contribution >= 0.6 is 11.6 Å². The van der Waals surface area contributed by atoms with Crippen molar-refractivity contribution in [1.29, 1.82) is 0 Å². The number of rotatable bonds is 1. The van der Waals surface area contributed by atoms with Crippen molar-refractivity contribution in [2.75, 3.05) is 5.73 Å². The molecule has 2 rings (SSSR count). The van der Waals surface area contributed by atoms with E-state index in [1.807, 2.05) is 13.0 Å². The molecule has 4 heteroatoms. The summed E-state index contributed by atoms with van der Waals surface area (Å²) in [6, 6.07) is 7.11. The average Bonchev–Trinajstić information content (AvgIpc) is 2.22. The molecule has 0 saturated heterocycles. The van der Waals surface area contributed by atoms with Crippen molar-refractivity contribution in [3.05, 3.63) is 41.2 Å². The van der Waals surface area contributed by atoms with Gasteiger partial charge in [0.2, 0.25) is 0 Å². The van der Waals surface area contributed by atoms with Crippen molar-refractivity contribution in [2.24, 2.45) is 0 Å². The van der Waals surface area contributed by atoms with E-state index >= 15 is 0 Å². The summed E-state index contributed by atoms with van der Waals surface area (Å²) in [4.78, 5) is 8.45. The lowest BCUT2D eigenvalue weighted by Gasteiger charge is -2.04. The minimum Gasteiger partial charge on any atom is -0.399 e. The minimum atomic E-state index is 0.604. The highest BCUT2D eigenvalue weighted by atomic mass is 35.5. The van der Waals surface area contributed by atoms with Crippen LogP contribution in [0.5, 0.6) is 0 Å². The summed E-state index contributed by atoms with van der Waals surface area (Å²) in [5, 5.41) is 0.606. The number of anilines is 1. The molecular formula is C11H10ClN3. The van der Waals surface area contributed by atoms with Crippen molar-refractivity contribution >= 4 is 17.3 Å². The smallest absolute Gasteiger partial charge is 0.160 e. The maximum Gasteiger partial charge on any atom is 0.160 e.